The fraction of sp³-hybridized carbons (Fsp3) is 0.235. The predicted molar refractivity (Wildman–Crippen MR) is 91.5 cm³/mol. The number of methoxy groups -OCH3 is 2. The van der Waals surface area contributed by atoms with Gasteiger partial charge in [-0.15, -0.1) is 0 Å². The van der Waals surface area contributed by atoms with Crippen molar-refractivity contribution in [1.29, 1.82) is 0 Å². The van der Waals surface area contributed by atoms with Crippen LogP contribution >= 0.6 is 0 Å². The Kier molecular flexibility index (Phi) is 6.16. The van der Waals surface area contributed by atoms with E-state index in [2.05, 4.69) is 15.5 Å². The SMILES string of the molecule is COc1ccc(/C=C/C(=O)OCC(=O)Nc2cc(C)[nH]n2)cc1OC. The molecule has 132 valence electrons. The van der Waals surface area contributed by atoms with E-state index >= 15 is 0 Å². The standard InChI is InChI=1S/C17H19N3O5/c1-11-8-15(20-19-11)18-16(21)10-25-17(22)7-5-12-4-6-13(23-2)14(9-12)24-3/h4-9H,10H2,1-3H3,(H2,18,19,20,21)/b7-5+. The summed E-state index contributed by atoms with van der Waals surface area (Å²) in [4.78, 5) is 23.3. The van der Waals surface area contributed by atoms with Crippen molar-refractivity contribution < 1.29 is 23.8 Å². The van der Waals surface area contributed by atoms with Gasteiger partial charge in [-0.1, -0.05) is 6.07 Å². The average molecular weight is 345 g/mol. The molecule has 8 heteroatoms. The molecule has 0 aliphatic carbocycles. The lowest BCUT2D eigenvalue weighted by Crippen LogP contribution is -2.20. The first-order valence-corrected chi connectivity index (χ1v) is 7.40. The van der Waals surface area contributed by atoms with Crippen LogP contribution in [0.25, 0.3) is 6.08 Å². The average Bonchev–Trinajstić information content (AvgIpc) is 3.02. The molecule has 1 amide bonds. The molecule has 8 nitrogen and oxygen atoms in total. The molecule has 25 heavy (non-hydrogen) atoms. The minimum absolute atomic E-state index is 0.374. The molecule has 0 unspecified atom stereocenters. The van der Waals surface area contributed by atoms with E-state index in [1.807, 2.05) is 6.92 Å². The van der Waals surface area contributed by atoms with Gasteiger partial charge in [0.15, 0.2) is 23.9 Å². The molecule has 0 radical (unpaired) electrons. The van der Waals surface area contributed by atoms with Crippen molar-refractivity contribution in [2.24, 2.45) is 0 Å². The van der Waals surface area contributed by atoms with E-state index in [1.165, 1.54) is 13.2 Å². The number of anilines is 1. The lowest BCUT2D eigenvalue weighted by molar-refractivity contribution is -0.142. The normalized spacial score (nSPS) is 10.5. The second-order valence-electron chi connectivity index (χ2n) is 5.04. The number of hydrogen-bond acceptors (Lipinski definition) is 6. The van der Waals surface area contributed by atoms with Crippen molar-refractivity contribution in [3.8, 4) is 11.5 Å². The lowest BCUT2D eigenvalue weighted by atomic mass is 10.2. The first-order chi connectivity index (χ1) is 12.0. The molecule has 2 aromatic rings. The Labute approximate surface area is 144 Å². The maximum absolute atomic E-state index is 11.7. The van der Waals surface area contributed by atoms with Crippen LogP contribution in [-0.4, -0.2) is 42.9 Å². The molecule has 0 fully saturated rings. The van der Waals surface area contributed by atoms with Gasteiger partial charge >= 0.3 is 5.97 Å². The molecule has 0 bridgehead atoms. The number of carbonyl (C=O) groups excluding carboxylic acids is 2. The summed E-state index contributed by atoms with van der Waals surface area (Å²) in [5.41, 5.74) is 1.54. The summed E-state index contributed by atoms with van der Waals surface area (Å²) < 4.78 is 15.2. The van der Waals surface area contributed by atoms with Gasteiger partial charge in [-0.05, 0) is 30.7 Å². The van der Waals surface area contributed by atoms with Crippen LogP contribution in [0.3, 0.4) is 0 Å². The topological polar surface area (TPSA) is 103 Å². The summed E-state index contributed by atoms with van der Waals surface area (Å²) in [6.07, 6.45) is 2.78. The van der Waals surface area contributed by atoms with Crippen molar-refractivity contribution in [3.05, 3.63) is 41.6 Å². The monoisotopic (exact) mass is 345 g/mol. The van der Waals surface area contributed by atoms with Crippen molar-refractivity contribution in [1.82, 2.24) is 10.2 Å². The van der Waals surface area contributed by atoms with Crippen LogP contribution in [0.2, 0.25) is 0 Å². The zero-order valence-corrected chi connectivity index (χ0v) is 14.2. The summed E-state index contributed by atoms with van der Waals surface area (Å²) in [6.45, 7) is 1.41. The lowest BCUT2D eigenvalue weighted by Gasteiger charge is -2.07. The number of rotatable bonds is 7. The largest absolute Gasteiger partial charge is 0.493 e. The number of nitrogens with zero attached hydrogens (tertiary/aromatic N) is 1. The van der Waals surface area contributed by atoms with Crippen LogP contribution in [0, 0.1) is 6.92 Å². The maximum Gasteiger partial charge on any atom is 0.331 e. The molecule has 1 aromatic carbocycles. The fourth-order valence-electron chi connectivity index (χ4n) is 1.97. The van der Waals surface area contributed by atoms with Crippen LogP contribution in [0.15, 0.2) is 30.3 Å². The van der Waals surface area contributed by atoms with Crippen molar-refractivity contribution in [2.45, 2.75) is 6.92 Å². The van der Waals surface area contributed by atoms with E-state index in [4.69, 9.17) is 14.2 Å². The number of ether oxygens (including phenoxy) is 3. The van der Waals surface area contributed by atoms with Gasteiger partial charge < -0.3 is 19.5 Å². The van der Waals surface area contributed by atoms with Gasteiger partial charge in [0.25, 0.3) is 5.91 Å². The quantitative estimate of drug-likeness (QED) is 0.587. The number of hydrogen-bond donors (Lipinski definition) is 2. The molecule has 0 saturated heterocycles. The summed E-state index contributed by atoms with van der Waals surface area (Å²) in [7, 11) is 3.07. The highest BCUT2D eigenvalue weighted by Gasteiger charge is 2.08. The van der Waals surface area contributed by atoms with Crippen molar-refractivity contribution in [2.75, 3.05) is 26.1 Å². The molecule has 0 saturated carbocycles. The molecule has 1 aromatic heterocycles. The summed E-state index contributed by atoms with van der Waals surface area (Å²) >= 11 is 0. The molecule has 0 atom stereocenters. The number of aromatic nitrogens is 2. The number of benzene rings is 1. The third-order valence-corrected chi connectivity index (χ3v) is 3.14. The van der Waals surface area contributed by atoms with Gasteiger partial charge in [-0.3, -0.25) is 9.89 Å². The minimum atomic E-state index is -0.636. The molecular formula is C17H19N3O5. The second kappa shape index (κ2) is 8.53. The second-order valence-corrected chi connectivity index (χ2v) is 5.04. The molecule has 0 aliphatic rings. The predicted octanol–water partition coefficient (Wildman–Crippen LogP) is 1.93. The number of aryl methyl sites for hydroxylation is 1. The Morgan fingerprint density at radius 2 is 1.96 bits per heavy atom. The number of aromatic amines is 1. The molecule has 0 aliphatic heterocycles. The highest BCUT2D eigenvalue weighted by atomic mass is 16.5. The Bertz CT molecular complexity index is 782. The molecule has 1 heterocycles. The summed E-state index contributed by atoms with van der Waals surface area (Å²) in [6, 6.07) is 6.87. The van der Waals surface area contributed by atoms with Gasteiger partial charge in [0, 0.05) is 17.8 Å². The zero-order chi connectivity index (χ0) is 18.2. The van der Waals surface area contributed by atoms with E-state index in [0.29, 0.717) is 17.3 Å². The van der Waals surface area contributed by atoms with E-state index in [0.717, 1.165) is 11.3 Å². The summed E-state index contributed by atoms with van der Waals surface area (Å²) in [5, 5.41) is 9.05. The van der Waals surface area contributed by atoms with Gasteiger partial charge in [0.2, 0.25) is 0 Å². The van der Waals surface area contributed by atoms with Gasteiger partial charge in [-0.2, -0.15) is 5.10 Å². The highest BCUT2D eigenvalue weighted by Crippen LogP contribution is 2.27. The van der Waals surface area contributed by atoms with Gasteiger partial charge in [0.1, 0.15) is 0 Å². The van der Waals surface area contributed by atoms with E-state index in [9.17, 15) is 9.59 Å². The number of amides is 1. The Morgan fingerprint density at radius 1 is 1.20 bits per heavy atom. The Hall–Kier alpha value is -3.29. The first kappa shape index (κ1) is 18.1. The summed E-state index contributed by atoms with van der Waals surface area (Å²) in [5.74, 6) is 0.404. The third kappa shape index (κ3) is 5.38. The first-order valence-electron chi connectivity index (χ1n) is 7.40. The minimum Gasteiger partial charge on any atom is -0.493 e. The fourth-order valence-corrected chi connectivity index (χ4v) is 1.97. The van der Waals surface area contributed by atoms with Crippen LogP contribution in [0.1, 0.15) is 11.3 Å². The number of H-pyrrole nitrogens is 1. The van der Waals surface area contributed by atoms with Gasteiger partial charge in [-0.25, -0.2) is 4.79 Å². The highest BCUT2D eigenvalue weighted by molar-refractivity contribution is 5.94. The molecule has 2 rings (SSSR count). The molecule has 2 N–H and O–H groups in total. The van der Waals surface area contributed by atoms with Crippen LogP contribution in [0.5, 0.6) is 11.5 Å². The number of esters is 1. The van der Waals surface area contributed by atoms with Crippen molar-refractivity contribution >= 4 is 23.8 Å². The van der Waals surface area contributed by atoms with Gasteiger partial charge in [0.05, 0.1) is 14.2 Å². The Morgan fingerprint density at radius 3 is 2.60 bits per heavy atom. The third-order valence-electron chi connectivity index (χ3n) is 3.14. The number of carbonyl (C=O) groups is 2. The molecular weight excluding hydrogens is 326 g/mol. The van der Waals surface area contributed by atoms with E-state index in [-0.39, 0.29) is 0 Å². The van der Waals surface area contributed by atoms with Crippen LogP contribution < -0.4 is 14.8 Å². The van der Waals surface area contributed by atoms with E-state index in [1.54, 1.807) is 37.5 Å². The molecule has 0 spiro atoms. The van der Waals surface area contributed by atoms with Crippen LogP contribution in [0.4, 0.5) is 5.82 Å². The van der Waals surface area contributed by atoms with Crippen LogP contribution in [-0.2, 0) is 14.3 Å². The smallest absolute Gasteiger partial charge is 0.331 e. The van der Waals surface area contributed by atoms with Crippen molar-refractivity contribution in [3.63, 3.8) is 0 Å². The number of nitrogens with one attached hydrogen (secondary N) is 2. The Balaban J connectivity index is 1.85. The zero-order valence-electron chi connectivity index (χ0n) is 14.2. The van der Waals surface area contributed by atoms with E-state index < -0.39 is 18.5 Å². The maximum atomic E-state index is 11.7.